The number of benzene rings is 2. The van der Waals surface area contributed by atoms with E-state index in [9.17, 15) is 25.0 Å². The molecule has 1 heterocycles. The molecule has 1 unspecified atom stereocenters. The maximum absolute atomic E-state index is 12.3. The summed E-state index contributed by atoms with van der Waals surface area (Å²) in [5, 5.41) is 24.1. The van der Waals surface area contributed by atoms with E-state index in [1.165, 1.54) is 31.2 Å². The van der Waals surface area contributed by atoms with Gasteiger partial charge < -0.3 is 5.32 Å². The van der Waals surface area contributed by atoms with Crippen molar-refractivity contribution >= 4 is 22.9 Å². The van der Waals surface area contributed by atoms with Crippen LogP contribution in [0.4, 0.5) is 11.4 Å². The number of Topliss-reactive ketones (excluding diaryl/α,β-unsaturated/α-hetero) is 1. The summed E-state index contributed by atoms with van der Waals surface area (Å²) in [7, 11) is 0. The number of ketones is 1. The molecule has 144 valence electrons. The number of hydrogen-bond donors (Lipinski definition) is 1. The van der Waals surface area contributed by atoms with E-state index >= 15 is 0 Å². The maximum atomic E-state index is 12.3. The Balaban J connectivity index is 2.05. The minimum Gasteiger partial charge on any atom is -0.314 e. The van der Waals surface area contributed by atoms with Gasteiger partial charge in [0.15, 0.2) is 0 Å². The first kappa shape index (κ1) is 19.3. The molecular formula is C19H19N4O5+. The Kier molecular flexibility index (Phi) is 5.27. The molecule has 0 spiro atoms. The van der Waals surface area contributed by atoms with Crippen molar-refractivity contribution in [3.8, 4) is 0 Å². The molecule has 3 atom stereocenters. The van der Waals surface area contributed by atoms with E-state index in [-0.39, 0.29) is 17.2 Å². The van der Waals surface area contributed by atoms with Crippen LogP contribution < -0.4 is 5.32 Å². The zero-order chi connectivity index (χ0) is 20.4. The summed E-state index contributed by atoms with van der Waals surface area (Å²) in [6.07, 6.45) is -0.486. The average molecular weight is 383 g/mol. The second-order valence-corrected chi connectivity index (χ2v) is 6.73. The van der Waals surface area contributed by atoms with Gasteiger partial charge in [0.05, 0.1) is 9.85 Å². The van der Waals surface area contributed by atoms with Crippen LogP contribution in [0.1, 0.15) is 37.2 Å². The number of nitro groups is 2. The molecule has 0 saturated heterocycles. The third-order valence-electron chi connectivity index (χ3n) is 4.87. The molecule has 0 aromatic heterocycles. The number of hydrogen-bond acceptors (Lipinski definition) is 6. The zero-order valence-electron chi connectivity index (χ0n) is 15.3. The second kappa shape index (κ2) is 7.65. The summed E-state index contributed by atoms with van der Waals surface area (Å²) in [6.45, 7) is 3.21. The van der Waals surface area contributed by atoms with Crippen molar-refractivity contribution in [1.29, 1.82) is 0 Å². The van der Waals surface area contributed by atoms with Crippen molar-refractivity contribution in [3.05, 3.63) is 79.9 Å². The number of nitrogens with two attached hydrogens (primary N) is 1. The van der Waals surface area contributed by atoms with Crippen LogP contribution in [0, 0.1) is 26.1 Å². The smallest absolute Gasteiger partial charge is 0.270 e. The number of nitrogens with zero attached hydrogens (tertiary/aromatic N) is 3. The number of quaternary nitrogens is 1. The lowest BCUT2D eigenvalue weighted by atomic mass is 9.84. The van der Waals surface area contributed by atoms with Gasteiger partial charge in [-0.25, -0.2) is 4.99 Å². The Morgan fingerprint density at radius 3 is 2.07 bits per heavy atom. The molecule has 1 aliphatic rings. The van der Waals surface area contributed by atoms with Crippen LogP contribution in [0.15, 0.2) is 53.5 Å². The largest absolute Gasteiger partial charge is 0.314 e. The van der Waals surface area contributed by atoms with Crippen LogP contribution in [0.25, 0.3) is 0 Å². The molecule has 2 aromatic rings. The summed E-state index contributed by atoms with van der Waals surface area (Å²) < 4.78 is 0. The summed E-state index contributed by atoms with van der Waals surface area (Å²) >= 11 is 0. The van der Waals surface area contributed by atoms with Crippen LogP contribution in [0.3, 0.4) is 0 Å². The highest BCUT2D eigenvalue weighted by Gasteiger charge is 2.39. The lowest BCUT2D eigenvalue weighted by Gasteiger charge is -2.31. The molecule has 1 aliphatic heterocycles. The predicted molar refractivity (Wildman–Crippen MR) is 101 cm³/mol. The fraction of sp³-hybridized carbons (Fsp3) is 0.263. The molecule has 9 nitrogen and oxygen atoms in total. The standard InChI is InChI=1S/C19H18N4O5/c1-11-17(12(2)24)18(13-5-3-7-15(9-13)22(25)26)21-19(20-11)14-6-4-8-16(10-14)23(27)28/h3-10,17-19,21H,1-2H3/p+1/t17?,18-,19-/m0/s1. The number of aliphatic imine (C=N–C) groups is 1. The third-order valence-corrected chi connectivity index (χ3v) is 4.87. The Morgan fingerprint density at radius 2 is 1.54 bits per heavy atom. The summed E-state index contributed by atoms with van der Waals surface area (Å²) in [6, 6.07) is 12.0. The van der Waals surface area contributed by atoms with Crippen LogP contribution >= 0.6 is 0 Å². The number of rotatable bonds is 5. The van der Waals surface area contributed by atoms with Gasteiger partial charge in [0, 0.05) is 41.1 Å². The summed E-state index contributed by atoms with van der Waals surface area (Å²) in [4.78, 5) is 38.1. The first-order chi connectivity index (χ1) is 13.3. The molecule has 0 saturated carbocycles. The molecule has 0 amide bonds. The fourth-order valence-electron chi connectivity index (χ4n) is 3.61. The molecular weight excluding hydrogens is 364 g/mol. The van der Waals surface area contributed by atoms with Crippen molar-refractivity contribution in [2.75, 3.05) is 0 Å². The van der Waals surface area contributed by atoms with E-state index in [0.29, 0.717) is 16.8 Å². The summed E-state index contributed by atoms with van der Waals surface area (Å²) in [5.41, 5.74) is 1.77. The van der Waals surface area contributed by atoms with Crippen LogP contribution in [0.5, 0.6) is 0 Å². The maximum Gasteiger partial charge on any atom is 0.270 e. The van der Waals surface area contributed by atoms with E-state index in [1.807, 2.05) is 5.32 Å². The van der Waals surface area contributed by atoms with Gasteiger partial charge in [-0.15, -0.1) is 0 Å². The van der Waals surface area contributed by atoms with Crippen molar-refractivity contribution < 1.29 is 20.0 Å². The molecule has 0 radical (unpaired) electrons. The topological polar surface area (TPSA) is 132 Å². The Labute approximate surface area is 160 Å². The van der Waals surface area contributed by atoms with Gasteiger partial charge in [-0.3, -0.25) is 25.0 Å². The van der Waals surface area contributed by atoms with Crippen molar-refractivity contribution in [1.82, 2.24) is 0 Å². The SMILES string of the molecule is CC(=O)C1C(C)=N[C@H](c2cccc([N+](=O)[O-])c2)[NH2+][C@H]1c1cccc([N+](=O)[O-])c1. The lowest BCUT2D eigenvalue weighted by Crippen LogP contribution is -2.89. The van der Waals surface area contributed by atoms with Crippen molar-refractivity contribution in [3.63, 3.8) is 0 Å². The van der Waals surface area contributed by atoms with Gasteiger partial charge in [-0.1, -0.05) is 24.3 Å². The van der Waals surface area contributed by atoms with E-state index in [0.717, 1.165) is 0 Å². The Bertz CT molecular complexity index is 988. The monoisotopic (exact) mass is 383 g/mol. The lowest BCUT2D eigenvalue weighted by molar-refractivity contribution is -0.738. The first-order valence-electron chi connectivity index (χ1n) is 8.66. The average Bonchev–Trinajstić information content (AvgIpc) is 2.67. The number of nitro benzene ring substituents is 2. The van der Waals surface area contributed by atoms with Gasteiger partial charge in [0.25, 0.3) is 11.4 Å². The van der Waals surface area contributed by atoms with Gasteiger partial charge in [0.2, 0.25) is 6.17 Å². The van der Waals surface area contributed by atoms with Crippen LogP contribution in [-0.2, 0) is 4.79 Å². The number of carbonyl (C=O) groups is 1. The van der Waals surface area contributed by atoms with E-state index < -0.39 is 28.0 Å². The summed E-state index contributed by atoms with van der Waals surface area (Å²) in [5.74, 6) is -0.622. The number of carbonyl (C=O) groups excluding carboxylic acids is 1. The van der Waals surface area contributed by atoms with Crippen molar-refractivity contribution in [2.45, 2.75) is 26.1 Å². The molecule has 0 fully saturated rings. The van der Waals surface area contributed by atoms with Crippen molar-refractivity contribution in [2.24, 2.45) is 10.9 Å². The molecule has 3 rings (SSSR count). The first-order valence-corrected chi connectivity index (χ1v) is 8.66. The third kappa shape index (κ3) is 3.79. The van der Waals surface area contributed by atoms with E-state index in [2.05, 4.69) is 4.99 Å². The molecule has 9 heteroatoms. The molecule has 28 heavy (non-hydrogen) atoms. The predicted octanol–water partition coefficient (Wildman–Crippen LogP) is 2.49. The minimum absolute atomic E-state index is 0.0423. The van der Waals surface area contributed by atoms with Gasteiger partial charge in [-0.05, 0) is 13.8 Å². The highest BCUT2D eigenvalue weighted by molar-refractivity contribution is 6.04. The molecule has 2 N–H and O–H groups in total. The minimum atomic E-state index is -0.531. The highest BCUT2D eigenvalue weighted by Crippen LogP contribution is 2.30. The van der Waals surface area contributed by atoms with Crippen LogP contribution in [-0.4, -0.2) is 21.3 Å². The normalized spacial score (nSPS) is 21.6. The van der Waals surface area contributed by atoms with E-state index in [4.69, 9.17) is 0 Å². The van der Waals surface area contributed by atoms with Gasteiger partial charge in [0.1, 0.15) is 17.7 Å². The molecule has 2 aromatic carbocycles. The fourth-order valence-corrected chi connectivity index (χ4v) is 3.61. The molecule has 0 aliphatic carbocycles. The van der Waals surface area contributed by atoms with E-state index in [1.54, 1.807) is 31.2 Å². The quantitative estimate of drug-likeness (QED) is 0.625. The Morgan fingerprint density at radius 1 is 1.00 bits per heavy atom. The number of non-ortho nitro benzene ring substituents is 2. The van der Waals surface area contributed by atoms with Gasteiger partial charge >= 0.3 is 0 Å². The Hall–Kier alpha value is -3.46. The van der Waals surface area contributed by atoms with Gasteiger partial charge in [-0.2, -0.15) is 0 Å². The highest BCUT2D eigenvalue weighted by atomic mass is 16.6. The zero-order valence-corrected chi connectivity index (χ0v) is 15.3. The molecule has 0 bridgehead atoms. The van der Waals surface area contributed by atoms with Crippen LogP contribution in [0.2, 0.25) is 0 Å². The second-order valence-electron chi connectivity index (χ2n) is 6.73.